The van der Waals surface area contributed by atoms with E-state index in [1.807, 2.05) is 0 Å². The Morgan fingerprint density at radius 1 is 0.929 bits per heavy atom. The van der Waals surface area contributed by atoms with Gasteiger partial charge in [0.1, 0.15) is 17.6 Å². The van der Waals surface area contributed by atoms with E-state index in [9.17, 15) is 23.1 Å². The molecule has 0 saturated carbocycles. The molecule has 0 bridgehead atoms. The van der Waals surface area contributed by atoms with Gasteiger partial charge < -0.3 is 9.84 Å². The standard InChI is InChI=1S/C21H14ClF3O3/c22-16-12-14(21(23,24)25)10-11-18(16)28-17-9-5-4-8-15(17)20(27)19(26)13-6-2-1-3-7-13/h1-12,19,26H. The van der Waals surface area contributed by atoms with Gasteiger partial charge in [0.25, 0.3) is 0 Å². The van der Waals surface area contributed by atoms with Crippen molar-refractivity contribution in [1.82, 2.24) is 0 Å². The first-order chi connectivity index (χ1) is 13.3. The monoisotopic (exact) mass is 406 g/mol. The molecule has 0 fully saturated rings. The number of ketones is 1. The zero-order valence-electron chi connectivity index (χ0n) is 14.3. The third kappa shape index (κ3) is 4.35. The predicted octanol–water partition coefficient (Wildman–Crippen LogP) is 6.07. The molecule has 0 saturated heterocycles. The van der Waals surface area contributed by atoms with Gasteiger partial charge in [-0.2, -0.15) is 13.2 Å². The quantitative estimate of drug-likeness (QED) is 0.523. The van der Waals surface area contributed by atoms with E-state index in [4.69, 9.17) is 16.3 Å². The number of aliphatic hydroxyl groups excluding tert-OH is 1. The SMILES string of the molecule is O=C(c1ccccc1Oc1ccc(C(F)(F)F)cc1Cl)C(O)c1ccccc1. The molecule has 0 radical (unpaired) electrons. The Morgan fingerprint density at radius 3 is 2.21 bits per heavy atom. The van der Waals surface area contributed by atoms with Crippen molar-refractivity contribution in [2.75, 3.05) is 0 Å². The van der Waals surface area contributed by atoms with Gasteiger partial charge in [0.05, 0.1) is 16.1 Å². The van der Waals surface area contributed by atoms with E-state index in [1.165, 1.54) is 12.1 Å². The van der Waals surface area contributed by atoms with Crippen LogP contribution in [-0.4, -0.2) is 10.9 Å². The summed E-state index contributed by atoms with van der Waals surface area (Å²) in [6.07, 6.45) is -5.94. The molecule has 0 heterocycles. The molecule has 3 nitrogen and oxygen atoms in total. The fraction of sp³-hybridized carbons (Fsp3) is 0.0952. The van der Waals surface area contributed by atoms with Crippen molar-refractivity contribution < 1.29 is 27.8 Å². The number of carbonyl (C=O) groups is 1. The van der Waals surface area contributed by atoms with Crippen molar-refractivity contribution in [2.45, 2.75) is 12.3 Å². The van der Waals surface area contributed by atoms with Crippen molar-refractivity contribution in [3.8, 4) is 11.5 Å². The molecule has 0 amide bonds. The van der Waals surface area contributed by atoms with E-state index in [0.717, 1.165) is 18.2 Å². The highest BCUT2D eigenvalue weighted by molar-refractivity contribution is 6.32. The molecule has 0 aliphatic carbocycles. The van der Waals surface area contributed by atoms with Gasteiger partial charge in [0.2, 0.25) is 0 Å². The minimum atomic E-state index is -4.53. The summed E-state index contributed by atoms with van der Waals surface area (Å²) in [5, 5.41) is 10.1. The van der Waals surface area contributed by atoms with Gasteiger partial charge in [0.15, 0.2) is 5.78 Å². The van der Waals surface area contributed by atoms with E-state index in [0.29, 0.717) is 5.56 Å². The number of para-hydroxylation sites is 1. The van der Waals surface area contributed by atoms with E-state index in [1.54, 1.807) is 42.5 Å². The molecule has 3 aromatic carbocycles. The van der Waals surface area contributed by atoms with Crippen LogP contribution >= 0.6 is 11.6 Å². The van der Waals surface area contributed by atoms with Crippen LogP contribution in [0, 0.1) is 0 Å². The summed E-state index contributed by atoms with van der Waals surface area (Å²) >= 11 is 5.92. The number of hydrogen-bond acceptors (Lipinski definition) is 3. The van der Waals surface area contributed by atoms with Crippen molar-refractivity contribution in [1.29, 1.82) is 0 Å². The van der Waals surface area contributed by atoms with Crippen molar-refractivity contribution in [2.24, 2.45) is 0 Å². The van der Waals surface area contributed by atoms with Gasteiger partial charge in [-0.05, 0) is 35.9 Å². The molecular weight excluding hydrogens is 393 g/mol. The second-order valence-corrected chi connectivity index (χ2v) is 6.33. The smallest absolute Gasteiger partial charge is 0.416 e. The minimum absolute atomic E-state index is 0.0379. The number of hydrogen-bond donors (Lipinski definition) is 1. The fourth-order valence-corrected chi connectivity index (χ4v) is 2.79. The summed E-state index contributed by atoms with van der Waals surface area (Å²) in [5.74, 6) is -0.571. The number of carbonyl (C=O) groups excluding carboxylic acids is 1. The average Bonchev–Trinajstić information content (AvgIpc) is 2.68. The zero-order valence-corrected chi connectivity index (χ0v) is 15.0. The average molecular weight is 407 g/mol. The summed E-state index contributed by atoms with van der Waals surface area (Å²) in [4.78, 5) is 12.7. The molecule has 1 N–H and O–H groups in total. The minimum Gasteiger partial charge on any atom is -0.455 e. The van der Waals surface area contributed by atoms with Gasteiger partial charge in [-0.1, -0.05) is 54.1 Å². The lowest BCUT2D eigenvalue weighted by Gasteiger charge is -2.15. The van der Waals surface area contributed by atoms with E-state index < -0.39 is 23.6 Å². The number of benzene rings is 3. The maximum absolute atomic E-state index is 12.8. The highest BCUT2D eigenvalue weighted by Crippen LogP contribution is 2.37. The maximum Gasteiger partial charge on any atom is 0.416 e. The van der Waals surface area contributed by atoms with E-state index >= 15 is 0 Å². The summed E-state index contributed by atoms with van der Waals surface area (Å²) in [6, 6.07) is 17.1. The van der Waals surface area contributed by atoms with Crippen LogP contribution in [0.2, 0.25) is 5.02 Å². The van der Waals surface area contributed by atoms with E-state index in [-0.39, 0.29) is 22.1 Å². The molecule has 1 atom stereocenters. The molecule has 0 spiro atoms. The first kappa shape index (κ1) is 19.9. The first-order valence-electron chi connectivity index (χ1n) is 8.18. The number of alkyl halides is 3. The van der Waals surface area contributed by atoms with Gasteiger partial charge >= 0.3 is 6.18 Å². The predicted molar refractivity (Wildman–Crippen MR) is 98.7 cm³/mol. The lowest BCUT2D eigenvalue weighted by atomic mass is 9.99. The summed E-state index contributed by atoms with van der Waals surface area (Å²) in [7, 11) is 0. The Labute approximate surface area is 164 Å². The molecule has 0 aliphatic heterocycles. The third-order valence-electron chi connectivity index (χ3n) is 4.00. The zero-order chi connectivity index (χ0) is 20.3. The molecule has 0 aliphatic rings. The largest absolute Gasteiger partial charge is 0.455 e. The van der Waals surface area contributed by atoms with Crippen molar-refractivity contribution in [3.63, 3.8) is 0 Å². The molecule has 7 heteroatoms. The van der Waals surface area contributed by atoms with Crippen LogP contribution in [0.15, 0.2) is 72.8 Å². The number of rotatable bonds is 5. The number of halogens is 4. The Morgan fingerprint density at radius 2 is 1.57 bits per heavy atom. The van der Waals surface area contributed by atoms with Crippen molar-refractivity contribution >= 4 is 17.4 Å². The van der Waals surface area contributed by atoms with Crippen LogP contribution in [0.3, 0.4) is 0 Å². The third-order valence-corrected chi connectivity index (χ3v) is 4.29. The molecule has 0 aromatic heterocycles. The molecule has 3 aromatic rings. The first-order valence-corrected chi connectivity index (χ1v) is 8.56. The topological polar surface area (TPSA) is 46.5 Å². The van der Waals surface area contributed by atoms with Crippen LogP contribution in [-0.2, 0) is 6.18 Å². The molecular formula is C21H14ClF3O3. The van der Waals surface area contributed by atoms with Crippen LogP contribution in [0.1, 0.15) is 27.6 Å². The molecule has 1 unspecified atom stereocenters. The Bertz CT molecular complexity index is 988. The summed E-state index contributed by atoms with van der Waals surface area (Å²) < 4.78 is 43.9. The normalized spacial score (nSPS) is 12.5. The molecule has 144 valence electrons. The Balaban J connectivity index is 1.90. The van der Waals surface area contributed by atoms with Crippen LogP contribution in [0.4, 0.5) is 13.2 Å². The highest BCUT2D eigenvalue weighted by atomic mass is 35.5. The molecule has 28 heavy (non-hydrogen) atoms. The van der Waals surface area contributed by atoms with Gasteiger partial charge in [-0.25, -0.2) is 0 Å². The maximum atomic E-state index is 12.8. The summed E-state index contributed by atoms with van der Waals surface area (Å²) in [6.45, 7) is 0. The van der Waals surface area contributed by atoms with Crippen LogP contribution in [0.5, 0.6) is 11.5 Å². The Hall–Kier alpha value is -2.83. The van der Waals surface area contributed by atoms with Crippen LogP contribution in [0.25, 0.3) is 0 Å². The Kier molecular flexibility index (Phi) is 5.72. The van der Waals surface area contributed by atoms with Crippen LogP contribution < -0.4 is 4.74 Å². The number of ether oxygens (including phenoxy) is 1. The second kappa shape index (κ2) is 8.04. The molecule has 3 rings (SSSR count). The number of aliphatic hydroxyl groups is 1. The lowest BCUT2D eigenvalue weighted by molar-refractivity contribution is -0.137. The highest BCUT2D eigenvalue weighted by Gasteiger charge is 2.31. The van der Waals surface area contributed by atoms with Gasteiger partial charge in [-0.3, -0.25) is 4.79 Å². The number of Topliss-reactive ketones (excluding diaryl/α,β-unsaturated/α-hetero) is 1. The lowest BCUT2D eigenvalue weighted by Crippen LogP contribution is -2.13. The van der Waals surface area contributed by atoms with Crippen molar-refractivity contribution in [3.05, 3.63) is 94.5 Å². The summed E-state index contributed by atoms with van der Waals surface area (Å²) in [5.41, 5.74) is -0.418. The second-order valence-electron chi connectivity index (χ2n) is 5.92. The van der Waals surface area contributed by atoms with E-state index in [2.05, 4.69) is 0 Å². The van der Waals surface area contributed by atoms with Gasteiger partial charge in [0, 0.05) is 0 Å². The fourth-order valence-electron chi connectivity index (χ4n) is 2.57. The van der Waals surface area contributed by atoms with Gasteiger partial charge in [-0.15, -0.1) is 0 Å².